The molecule has 4 nitrogen and oxygen atoms in total. The fourth-order valence-electron chi connectivity index (χ4n) is 1.50. The van der Waals surface area contributed by atoms with Crippen molar-refractivity contribution in [2.45, 2.75) is 39.2 Å². The number of carbonyl (C=O) groups is 1. The van der Waals surface area contributed by atoms with Gasteiger partial charge in [-0.3, -0.25) is 4.79 Å². The number of aliphatic hydroxyl groups is 1. The Bertz CT molecular complexity index is 214. The lowest BCUT2D eigenvalue weighted by molar-refractivity contribution is -0.143. The molecule has 4 heteroatoms. The van der Waals surface area contributed by atoms with E-state index in [9.17, 15) is 4.79 Å². The summed E-state index contributed by atoms with van der Waals surface area (Å²) in [5.41, 5.74) is 0.100. The van der Waals surface area contributed by atoms with Gasteiger partial charge in [-0.15, -0.1) is 0 Å². The predicted octanol–water partition coefficient (Wildman–Crippen LogP) is 0.690. The Hall–Kier alpha value is -0.610. The molecule has 1 aliphatic carbocycles. The van der Waals surface area contributed by atoms with Crippen LogP contribution in [-0.4, -0.2) is 36.9 Å². The molecule has 0 aromatic heterocycles. The highest BCUT2D eigenvalue weighted by atomic mass is 16.5. The number of aliphatic hydroxyl groups excluding tert-OH is 1. The molecule has 0 aromatic rings. The maximum atomic E-state index is 11.2. The van der Waals surface area contributed by atoms with Gasteiger partial charge in [0.05, 0.1) is 13.0 Å². The van der Waals surface area contributed by atoms with Crippen molar-refractivity contribution >= 4 is 5.97 Å². The lowest BCUT2D eigenvalue weighted by Gasteiger charge is -2.17. The quantitative estimate of drug-likeness (QED) is 0.613. The largest absolute Gasteiger partial charge is 0.466 e. The van der Waals surface area contributed by atoms with Crippen LogP contribution in [0.5, 0.6) is 0 Å². The second-order valence-corrected chi connectivity index (χ2v) is 4.45. The molecule has 1 rings (SSSR count). The molecule has 0 saturated heterocycles. The van der Waals surface area contributed by atoms with Gasteiger partial charge >= 0.3 is 5.97 Å². The minimum atomic E-state index is -0.161. The predicted molar refractivity (Wildman–Crippen MR) is 57.5 cm³/mol. The first-order valence-electron chi connectivity index (χ1n) is 5.62. The van der Waals surface area contributed by atoms with Crippen LogP contribution in [0.4, 0.5) is 0 Å². The molecule has 0 aromatic carbocycles. The van der Waals surface area contributed by atoms with Gasteiger partial charge < -0.3 is 15.2 Å². The summed E-state index contributed by atoms with van der Waals surface area (Å²) < 4.78 is 4.86. The summed E-state index contributed by atoms with van der Waals surface area (Å²) in [5, 5.41) is 12.4. The number of nitrogens with one attached hydrogen (secondary N) is 1. The van der Waals surface area contributed by atoms with E-state index in [-0.39, 0.29) is 24.0 Å². The minimum Gasteiger partial charge on any atom is -0.466 e. The van der Waals surface area contributed by atoms with Gasteiger partial charge in [0, 0.05) is 24.6 Å². The normalized spacial score (nSPS) is 19.7. The first-order valence-corrected chi connectivity index (χ1v) is 5.62. The number of carbonyl (C=O) groups excluding carboxylic acids is 1. The zero-order chi connectivity index (χ0) is 11.3. The van der Waals surface area contributed by atoms with Gasteiger partial charge in [-0.05, 0) is 26.7 Å². The highest BCUT2D eigenvalue weighted by molar-refractivity contribution is 5.69. The van der Waals surface area contributed by atoms with E-state index >= 15 is 0 Å². The number of ether oxygens (including phenoxy) is 1. The molecule has 0 heterocycles. The molecule has 1 atom stereocenters. The van der Waals surface area contributed by atoms with Gasteiger partial charge in [0.25, 0.3) is 0 Å². The standard InChI is InChI=1S/C11H21NO3/c1-3-15-10(14)6-9(2)12-7-11(8-13)4-5-11/h9,12-13H,3-8H2,1-2H3. The molecule has 0 bridgehead atoms. The Balaban J connectivity index is 2.13. The molecule has 0 spiro atoms. The van der Waals surface area contributed by atoms with Crippen LogP contribution in [0.15, 0.2) is 0 Å². The third kappa shape index (κ3) is 4.18. The van der Waals surface area contributed by atoms with Crippen molar-refractivity contribution in [2.24, 2.45) is 5.41 Å². The molecule has 0 radical (unpaired) electrons. The molecule has 1 fully saturated rings. The van der Waals surface area contributed by atoms with Crippen molar-refractivity contribution in [3.63, 3.8) is 0 Å². The van der Waals surface area contributed by atoms with Crippen LogP contribution < -0.4 is 5.32 Å². The van der Waals surface area contributed by atoms with E-state index in [4.69, 9.17) is 9.84 Å². The van der Waals surface area contributed by atoms with Crippen molar-refractivity contribution in [1.29, 1.82) is 0 Å². The lowest BCUT2D eigenvalue weighted by Crippen LogP contribution is -2.35. The molecule has 2 N–H and O–H groups in total. The molecule has 1 unspecified atom stereocenters. The Labute approximate surface area is 91.0 Å². The van der Waals surface area contributed by atoms with Crippen LogP contribution in [0.2, 0.25) is 0 Å². The monoisotopic (exact) mass is 215 g/mol. The number of rotatable bonds is 7. The summed E-state index contributed by atoms with van der Waals surface area (Å²) >= 11 is 0. The number of hydrogen-bond donors (Lipinski definition) is 2. The lowest BCUT2D eigenvalue weighted by atomic mass is 10.1. The summed E-state index contributed by atoms with van der Waals surface area (Å²) in [6.07, 6.45) is 2.57. The first kappa shape index (κ1) is 12.5. The van der Waals surface area contributed by atoms with Crippen molar-refractivity contribution in [2.75, 3.05) is 19.8 Å². The van der Waals surface area contributed by atoms with Gasteiger partial charge in [-0.1, -0.05) is 0 Å². The molecule has 0 amide bonds. The third-order valence-corrected chi connectivity index (χ3v) is 2.90. The topological polar surface area (TPSA) is 58.6 Å². The summed E-state index contributed by atoms with van der Waals surface area (Å²) in [4.78, 5) is 11.2. The maximum absolute atomic E-state index is 11.2. The van der Waals surface area contributed by atoms with Crippen LogP contribution in [0.1, 0.15) is 33.1 Å². The Morgan fingerprint density at radius 1 is 1.60 bits per heavy atom. The zero-order valence-corrected chi connectivity index (χ0v) is 9.58. The van der Waals surface area contributed by atoms with Gasteiger partial charge in [-0.25, -0.2) is 0 Å². The molecular formula is C11H21NO3. The van der Waals surface area contributed by atoms with Gasteiger partial charge in [0.2, 0.25) is 0 Å². The van der Waals surface area contributed by atoms with E-state index in [1.165, 1.54) is 0 Å². The highest BCUT2D eigenvalue weighted by Crippen LogP contribution is 2.44. The van der Waals surface area contributed by atoms with E-state index < -0.39 is 0 Å². The summed E-state index contributed by atoms with van der Waals surface area (Å²) in [6.45, 7) is 5.24. The maximum Gasteiger partial charge on any atom is 0.307 e. The van der Waals surface area contributed by atoms with Crippen LogP contribution in [0.25, 0.3) is 0 Å². The molecule has 0 aliphatic heterocycles. The average Bonchev–Trinajstić information content (AvgIpc) is 2.96. The van der Waals surface area contributed by atoms with Gasteiger partial charge in [0.15, 0.2) is 0 Å². The van der Waals surface area contributed by atoms with E-state index in [1.54, 1.807) is 6.92 Å². The SMILES string of the molecule is CCOC(=O)CC(C)NCC1(CO)CC1. The van der Waals surface area contributed by atoms with Gasteiger partial charge in [0.1, 0.15) is 0 Å². The van der Waals surface area contributed by atoms with Crippen LogP contribution >= 0.6 is 0 Å². The molecule has 15 heavy (non-hydrogen) atoms. The summed E-state index contributed by atoms with van der Waals surface area (Å²) in [5.74, 6) is -0.161. The fourth-order valence-corrected chi connectivity index (χ4v) is 1.50. The zero-order valence-electron chi connectivity index (χ0n) is 9.58. The van der Waals surface area contributed by atoms with Crippen molar-refractivity contribution < 1.29 is 14.6 Å². The second-order valence-electron chi connectivity index (χ2n) is 4.45. The highest BCUT2D eigenvalue weighted by Gasteiger charge is 2.41. The summed E-state index contributed by atoms with van der Waals surface area (Å²) in [6, 6.07) is 0.119. The molecular weight excluding hydrogens is 194 g/mol. The van der Waals surface area contributed by atoms with E-state index in [2.05, 4.69) is 5.32 Å². The van der Waals surface area contributed by atoms with Crippen molar-refractivity contribution in [3.8, 4) is 0 Å². The smallest absolute Gasteiger partial charge is 0.307 e. The van der Waals surface area contributed by atoms with E-state index in [1.807, 2.05) is 6.92 Å². The average molecular weight is 215 g/mol. The Morgan fingerprint density at radius 3 is 2.73 bits per heavy atom. The van der Waals surface area contributed by atoms with Crippen LogP contribution in [0.3, 0.4) is 0 Å². The van der Waals surface area contributed by atoms with E-state index in [0.29, 0.717) is 13.0 Å². The molecule has 1 aliphatic rings. The summed E-state index contributed by atoms with van der Waals surface area (Å²) in [7, 11) is 0. The second kappa shape index (κ2) is 5.47. The Morgan fingerprint density at radius 2 is 2.27 bits per heavy atom. The number of hydrogen-bond acceptors (Lipinski definition) is 4. The van der Waals surface area contributed by atoms with Gasteiger partial charge in [-0.2, -0.15) is 0 Å². The fraction of sp³-hybridized carbons (Fsp3) is 0.909. The number of esters is 1. The first-order chi connectivity index (χ1) is 7.12. The minimum absolute atomic E-state index is 0.100. The van der Waals surface area contributed by atoms with Crippen LogP contribution in [-0.2, 0) is 9.53 Å². The molecule has 1 saturated carbocycles. The van der Waals surface area contributed by atoms with Crippen LogP contribution in [0, 0.1) is 5.41 Å². The molecule has 88 valence electrons. The van der Waals surface area contributed by atoms with Crippen molar-refractivity contribution in [3.05, 3.63) is 0 Å². The third-order valence-electron chi connectivity index (χ3n) is 2.90. The van der Waals surface area contributed by atoms with E-state index in [0.717, 1.165) is 19.4 Å². The van der Waals surface area contributed by atoms with Crippen molar-refractivity contribution in [1.82, 2.24) is 5.32 Å². The Kier molecular flexibility index (Phi) is 4.54.